The van der Waals surface area contributed by atoms with Gasteiger partial charge in [0, 0.05) is 0 Å². The van der Waals surface area contributed by atoms with Crippen molar-refractivity contribution in [2.75, 3.05) is 0 Å². The minimum atomic E-state index is -2.84. The molecule has 0 aliphatic carbocycles. The molecule has 26 heavy (non-hydrogen) atoms. The Balaban J connectivity index is 5.90. The second-order valence-electron chi connectivity index (χ2n) is 8.80. The van der Waals surface area contributed by atoms with E-state index in [1.54, 1.807) is 0 Å². The van der Waals surface area contributed by atoms with Crippen molar-refractivity contribution in [2.45, 2.75) is 151 Å². The van der Waals surface area contributed by atoms with Crippen LogP contribution in [0.4, 0.5) is 0 Å². The fraction of sp³-hybridized carbons (Fsp3) is 1.00. The molecule has 0 aliphatic heterocycles. The fourth-order valence-electron chi connectivity index (χ4n) is 5.01. The van der Waals surface area contributed by atoms with E-state index in [1.807, 2.05) is 0 Å². The van der Waals surface area contributed by atoms with Gasteiger partial charge in [0.05, 0.1) is 0 Å². The van der Waals surface area contributed by atoms with Crippen LogP contribution >= 0.6 is 0 Å². The van der Waals surface area contributed by atoms with Gasteiger partial charge in [-0.1, -0.05) is 0 Å². The normalized spacial score (nSPS) is 12.5. The van der Waals surface area contributed by atoms with Crippen LogP contribution in [0.1, 0.15) is 144 Å². The first-order chi connectivity index (χ1) is 12.5. The number of hydrogen-bond donors (Lipinski definition) is 0. The molecule has 0 aliphatic rings. The molecule has 0 N–H and O–H groups in total. The third-order valence-corrected chi connectivity index (χ3v) is 16.2. The predicted octanol–water partition coefficient (Wildman–Crippen LogP) is 9.25. The molecule has 0 rings (SSSR count). The monoisotopic (exact) mass is 474 g/mol. The fourth-order valence-corrected chi connectivity index (χ4v) is 15.6. The SMILES string of the molecule is CCCC[C](CCC)(CCCC)[Sn](=[O])[C](CCC)(CCCC)CCCC. The van der Waals surface area contributed by atoms with Gasteiger partial charge in [-0.3, -0.25) is 0 Å². The topological polar surface area (TPSA) is 17.1 Å². The van der Waals surface area contributed by atoms with Gasteiger partial charge in [-0.05, 0) is 0 Å². The van der Waals surface area contributed by atoms with Crippen LogP contribution in [0.15, 0.2) is 0 Å². The summed E-state index contributed by atoms with van der Waals surface area (Å²) in [6, 6.07) is 0. The molecule has 0 amide bonds. The molecule has 156 valence electrons. The molecule has 0 heterocycles. The molecular weight excluding hydrogens is 423 g/mol. The van der Waals surface area contributed by atoms with Crippen molar-refractivity contribution in [1.82, 2.24) is 0 Å². The van der Waals surface area contributed by atoms with Crippen LogP contribution in [0.5, 0.6) is 0 Å². The van der Waals surface area contributed by atoms with Crippen molar-refractivity contribution in [2.24, 2.45) is 0 Å². The molecule has 0 saturated carbocycles. The molecule has 0 bridgehead atoms. The van der Waals surface area contributed by atoms with Crippen molar-refractivity contribution < 1.29 is 3.08 Å². The second-order valence-corrected chi connectivity index (χ2v) is 16.7. The van der Waals surface area contributed by atoms with Crippen LogP contribution in [0, 0.1) is 0 Å². The molecule has 0 radical (unpaired) electrons. The molecule has 0 atom stereocenters. The average molecular weight is 473 g/mol. The van der Waals surface area contributed by atoms with E-state index in [0.717, 1.165) is 0 Å². The van der Waals surface area contributed by atoms with Crippen LogP contribution in [0.3, 0.4) is 0 Å². The maximum absolute atomic E-state index is 14.6. The average Bonchev–Trinajstić information content (AvgIpc) is 2.66. The zero-order chi connectivity index (χ0) is 19.9. The quantitative estimate of drug-likeness (QED) is 0.181. The van der Waals surface area contributed by atoms with Crippen molar-refractivity contribution in [3.05, 3.63) is 0 Å². The van der Waals surface area contributed by atoms with Crippen LogP contribution in [0.25, 0.3) is 0 Å². The molecule has 0 aromatic heterocycles. The zero-order valence-corrected chi connectivity index (χ0v) is 22.1. The molecule has 1 nitrogen and oxygen atoms in total. The summed E-state index contributed by atoms with van der Waals surface area (Å²) in [6.45, 7) is 13.9. The van der Waals surface area contributed by atoms with Crippen LogP contribution in [-0.4, -0.2) is 19.7 Å². The summed E-state index contributed by atoms with van der Waals surface area (Å²) >= 11 is -2.84. The molecule has 2 heteroatoms. The molecule has 0 saturated heterocycles. The van der Waals surface area contributed by atoms with Gasteiger partial charge in [0.2, 0.25) is 0 Å². The first-order valence-corrected chi connectivity index (χ1v) is 16.1. The Morgan fingerprint density at radius 1 is 0.462 bits per heavy atom. The van der Waals surface area contributed by atoms with E-state index >= 15 is 0 Å². The van der Waals surface area contributed by atoms with Gasteiger partial charge in [-0.2, -0.15) is 0 Å². The van der Waals surface area contributed by atoms with E-state index in [0.29, 0.717) is 0 Å². The van der Waals surface area contributed by atoms with Crippen LogP contribution < -0.4 is 0 Å². The van der Waals surface area contributed by atoms with Crippen molar-refractivity contribution in [1.29, 1.82) is 0 Å². The van der Waals surface area contributed by atoms with Crippen LogP contribution in [0.2, 0.25) is 6.86 Å². The van der Waals surface area contributed by atoms with E-state index in [9.17, 15) is 3.08 Å². The van der Waals surface area contributed by atoms with Gasteiger partial charge >= 0.3 is 174 Å². The molecule has 0 aromatic rings. The van der Waals surface area contributed by atoms with E-state index < -0.39 is 19.7 Å². The van der Waals surface area contributed by atoms with Gasteiger partial charge in [0.15, 0.2) is 0 Å². The van der Waals surface area contributed by atoms with E-state index in [2.05, 4.69) is 41.5 Å². The summed E-state index contributed by atoms with van der Waals surface area (Å²) in [6.07, 6.45) is 20.0. The van der Waals surface area contributed by atoms with E-state index in [-0.39, 0.29) is 6.86 Å². The number of hydrogen-bond acceptors (Lipinski definition) is 1. The first kappa shape index (κ1) is 26.6. The molecule has 0 unspecified atom stereocenters. The standard InChI is InChI=1S/2C12H25.O.Sn/c2*1-4-7-10-12(9-6-3)11-8-5-2;;/h2*4-11H2,1-3H3;;. The van der Waals surface area contributed by atoms with Crippen LogP contribution in [-0.2, 0) is 3.08 Å². The van der Waals surface area contributed by atoms with Gasteiger partial charge in [-0.25, -0.2) is 0 Å². The third kappa shape index (κ3) is 8.31. The van der Waals surface area contributed by atoms with E-state index in [1.165, 1.54) is 103 Å². The number of rotatable bonds is 18. The summed E-state index contributed by atoms with van der Waals surface area (Å²) in [4.78, 5) is 0. The van der Waals surface area contributed by atoms with Gasteiger partial charge in [0.25, 0.3) is 0 Å². The van der Waals surface area contributed by atoms with Crippen molar-refractivity contribution >= 4 is 19.7 Å². The maximum atomic E-state index is 14.6. The van der Waals surface area contributed by atoms with Gasteiger partial charge in [-0.15, -0.1) is 0 Å². The summed E-state index contributed by atoms with van der Waals surface area (Å²) in [5.41, 5.74) is 0. The Hall–Kier alpha value is 0.599. The van der Waals surface area contributed by atoms with Crippen molar-refractivity contribution in [3.8, 4) is 0 Å². The molecule has 0 aromatic carbocycles. The summed E-state index contributed by atoms with van der Waals surface area (Å²) in [7, 11) is 0. The Morgan fingerprint density at radius 3 is 0.923 bits per heavy atom. The van der Waals surface area contributed by atoms with E-state index in [4.69, 9.17) is 0 Å². The Bertz CT molecular complexity index is 302. The second kappa shape index (κ2) is 15.5. The Morgan fingerprint density at radius 2 is 0.731 bits per heavy atom. The minimum absolute atomic E-state index is 0.236. The summed E-state index contributed by atoms with van der Waals surface area (Å²) in [5.74, 6) is 0. The summed E-state index contributed by atoms with van der Waals surface area (Å²) in [5, 5.41) is 0. The molecule has 0 fully saturated rings. The summed E-state index contributed by atoms with van der Waals surface area (Å²) < 4.78 is 15.0. The molecular formula is C24H50OSn. The number of unbranched alkanes of at least 4 members (excludes halogenated alkanes) is 4. The zero-order valence-electron chi connectivity index (χ0n) is 19.2. The first-order valence-electron chi connectivity index (χ1n) is 12.1. The third-order valence-electron chi connectivity index (χ3n) is 6.46. The van der Waals surface area contributed by atoms with Crippen molar-refractivity contribution in [3.63, 3.8) is 0 Å². The molecule has 0 spiro atoms. The van der Waals surface area contributed by atoms with Gasteiger partial charge < -0.3 is 0 Å². The van der Waals surface area contributed by atoms with Gasteiger partial charge in [0.1, 0.15) is 0 Å². The Labute approximate surface area is 173 Å². The Kier molecular flexibility index (Phi) is 15.9. The predicted molar refractivity (Wildman–Crippen MR) is 120 cm³/mol.